The number of rotatable bonds is 5. The van der Waals surface area contributed by atoms with Gasteiger partial charge < -0.3 is 5.32 Å². The Balaban J connectivity index is 1.72. The summed E-state index contributed by atoms with van der Waals surface area (Å²) in [7, 11) is 0. The van der Waals surface area contributed by atoms with Crippen molar-refractivity contribution in [2.45, 2.75) is 43.9 Å². The van der Waals surface area contributed by atoms with Gasteiger partial charge in [-0.05, 0) is 18.4 Å². The number of hydrogen-bond donors (Lipinski definition) is 1. The van der Waals surface area contributed by atoms with Crippen LogP contribution in [0.3, 0.4) is 0 Å². The highest BCUT2D eigenvalue weighted by Crippen LogP contribution is 2.25. The Morgan fingerprint density at radius 1 is 1.39 bits per heavy atom. The highest BCUT2D eigenvalue weighted by molar-refractivity contribution is 8.00. The summed E-state index contributed by atoms with van der Waals surface area (Å²) in [5, 5.41) is 7.26. The van der Waals surface area contributed by atoms with Gasteiger partial charge in [-0.3, -0.25) is 4.90 Å². The highest BCUT2D eigenvalue weighted by atomic mass is 32.2. The van der Waals surface area contributed by atoms with Gasteiger partial charge >= 0.3 is 0 Å². The van der Waals surface area contributed by atoms with Crippen LogP contribution in [0.5, 0.6) is 0 Å². The minimum atomic E-state index is 0.635. The summed E-state index contributed by atoms with van der Waals surface area (Å²) >= 11 is 3.96. The second-order valence-corrected chi connectivity index (χ2v) is 8.18. The summed E-state index contributed by atoms with van der Waals surface area (Å²) in [6.45, 7) is 11.6. The lowest BCUT2D eigenvalue weighted by Gasteiger charge is -2.38. The van der Waals surface area contributed by atoms with E-state index in [0.717, 1.165) is 23.6 Å². The van der Waals surface area contributed by atoms with E-state index in [-0.39, 0.29) is 0 Å². The predicted molar refractivity (Wildman–Crippen MR) is 83.6 cm³/mol. The van der Waals surface area contributed by atoms with E-state index in [4.69, 9.17) is 0 Å². The Kier molecular flexibility index (Phi) is 5.55. The zero-order valence-electron chi connectivity index (χ0n) is 11.6. The van der Waals surface area contributed by atoms with Crippen LogP contribution in [0.25, 0.3) is 0 Å². The van der Waals surface area contributed by atoms with Gasteiger partial charge in [0.05, 0.1) is 0 Å². The van der Waals surface area contributed by atoms with Crippen molar-refractivity contribution in [1.82, 2.24) is 10.2 Å². The summed E-state index contributed by atoms with van der Waals surface area (Å²) < 4.78 is 0. The van der Waals surface area contributed by atoms with E-state index in [1.807, 2.05) is 11.3 Å². The molecule has 0 bridgehead atoms. The molecule has 102 valence electrons. The van der Waals surface area contributed by atoms with Gasteiger partial charge in [-0.15, -0.1) is 11.3 Å². The fourth-order valence-corrected chi connectivity index (χ4v) is 4.55. The van der Waals surface area contributed by atoms with Gasteiger partial charge in [0.1, 0.15) is 0 Å². The van der Waals surface area contributed by atoms with Crippen molar-refractivity contribution < 1.29 is 0 Å². The van der Waals surface area contributed by atoms with Gasteiger partial charge in [-0.25, -0.2) is 0 Å². The number of thiophene rings is 1. The van der Waals surface area contributed by atoms with Gasteiger partial charge in [0.15, 0.2) is 0 Å². The zero-order valence-corrected chi connectivity index (χ0v) is 13.2. The second kappa shape index (κ2) is 6.94. The molecule has 0 spiro atoms. The molecular formula is C14H24N2S2. The van der Waals surface area contributed by atoms with Crippen LogP contribution in [0.2, 0.25) is 0 Å². The summed E-state index contributed by atoms with van der Waals surface area (Å²) in [4.78, 5) is 4.06. The monoisotopic (exact) mass is 284 g/mol. The predicted octanol–water partition coefficient (Wildman–Crippen LogP) is 3.05. The van der Waals surface area contributed by atoms with E-state index < -0.39 is 0 Å². The summed E-state index contributed by atoms with van der Waals surface area (Å²) in [6, 6.07) is 4.95. The number of thioether (sulfide) groups is 1. The van der Waals surface area contributed by atoms with E-state index in [2.05, 4.69) is 60.3 Å². The first-order valence-electron chi connectivity index (χ1n) is 6.77. The first-order valence-corrected chi connectivity index (χ1v) is 8.60. The molecular weight excluding hydrogens is 260 g/mol. The fourth-order valence-electron chi connectivity index (χ4n) is 2.52. The van der Waals surface area contributed by atoms with Crippen LogP contribution < -0.4 is 5.32 Å². The SMILES string of the molecule is CC1CN(C(C)CNCc2cccs2)CC(C)S1. The maximum absolute atomic E-state index is 3.58. The van der Waals surface area contributed by atoms with Crippen molar-refractivity contribution in [3.05, 3.63) is 22.4 Å². The summed E-state index contributed by atoms with van der Waals surface area (Å²) in [5.41, 5.74) is 0. The molecule has 2 nitrogen and oxygen atoms in total. The van der Waals surface area contributed by atoms with Crippen LogP contribution in [0.15, 0.2) is 17.5 Å². The largest absolute Gasteiger partial charge is 0.310 e. The van der Waals surface area contributed by atoms with Crippen molar-refractivity contribution in [3.8, 4) is 0 Å². The lowest BCUT2D eigenvalue weighted by atomic mass is 10.2. The average molecular weight is 284 g/mol. The smallest absolute Gasteiger partial charge is 0.0300 e. The molecule has 1 aliphatic heterocycles. The van der Waals surface area contributed by atoms with Crippen molar-refractivity contribution in [3.63, 3.8) is 0 Å². The van der Waals surface area contributed by atoms with E-state index in [1.165, 1.54) is 18.0 Å². The average Bonchev–Trinajstić information content (AvgIpc) is 2.80. The lowest BCUT2D eigenvalue weighted by Crippen LogP contribution is -2.48. The summed E-state index contributed by atoms with van der Waals surface area (Å²) in [6.07, 6.45) is 0. The minimum Gasteiger partial charge on any atom is -0.310 e. The molecule has 4 heteroatoms. The van der Waals surface area contributed by atoms with Crippen LogP contribution in [-0.2, 0) is 6.54 Å². The van der Waals surface area contributed by atoms with Crippen LogP contribution >= 0.6 is 23.1 Å². The molecule has 2 heterocycles. The van der Waals surface area contributed by atoms with Gasteiger partial charge in [0, 0.05) is 47.6 Å². The van der Waals surface area contributed by atoms with Crippen LogP contribution in [0.1, 0.15) is 25.6 Å². The summed E-state index contributed by atoms with van der Waals surface area (Å²) in [5.74, 6) is 0. The third-order valence-electron chi connectivity index (χ3n) is 3.39. The molecule has 1 N–H and O–H groups in total. The van der Waals surface area contributed by atoms with E-state index in [1.54, 1.807) is 0 Å². The van der Waals surface area contributed by atoms with Crippen LogP contribution in [-0.4, -0.2) is 41.1 Å². The van der Waals surface area contributed by atoms with Crippen LogP contribution in [0, 0.1) is 0 Å². The van der Waals surface area contributed by atoms with Crippen molar-refractivity contribution in [1.29, 1.82) is 0 Å². The lowest BCUT2D eigenvalue weighted by molar-refractivity contribution is 0.202. The molecule has 1 aromatic rings. The quantitative estimate of drug-likeness (QED) is 0.894. The third-order valence-corrected chi connectivity index (χ3v) is 5.49. The molecule has 2 rings (SSSR count). The number of nitrogens with zero attached hydrogens (tertiary/aromatic N) is 1. The molecule has 0 radical (unpaired) electrons. The van der Waals surface area contributed by atoms with Gasteiger partial charge in [-0.1, -0.05) is 19.9 Å². The topological polar surface area (TPSA) is 15.3 Å². The highest BCUT2D eigenvalue weighted by Gasteiger charge is 2.25. The molecule has 1 aliphatic rings. The third kappa shape index (κ3) is 4.26. The molecule has 3 atom stereocenters. The molecule has 0 saturated carbocycles. The normalized spacial score (nSPS) is 27.3. The Hall–Kier alpha value is -0.0300. The number of hydrogen-bond acceptors (Lipinski definition) is 4. The van der Waals surface area contributed by atoms with E-state index >= 15 is 0 Å². The minimum absolute atomic E-state index is 0.635. The molecule has 3 unspecified atom stereocenters. The number of nitrogens with one attached hydrogen (secondary N) is 1. The maximum atomic E-state index is 3.58. The van der Waals surface area contributed by atoms with Gasteiger partial charge in [-0.2, -0.15) is 11.8 Å². The molecule has 0 aromatic carbocycles. The Morgan fingerprint density at radius 2 is 2.11 bits per heavy atom. The zero-order chi connectivity index (χ0) is 13.0. The fraction of sp³-hybridized carbons (Fsp3) is 0.714. The van der Waals surface area contributed by atoms with E-state index in [0.29, 0.717) is 6.04 Å². The first kappa shape index (κ1) is 14.4. The molecule has 1 aromatic heterocycles. The Labute approximate surface area is 119 Å². The van der Waals surface area contributed by atoms with Crippen molar-refractivity contribution >= 4 is 23.1 Å². The molecule has 0 aliphatic carbocycles. The van der Waals surface area contributed by atoms with Gasteiger partial charge in [0.2, 0.25) is 0 Å². The standard InChI is InChI=1S/C14H24N2S2/c1-11(7-15-8-14-5-4-6-17-14)16-9-12(2)18-13(3)10-16/h4-6,11-13,15H,7-10H2,1-3H3. The molecule has 1 fully saturated rings. The molecule has 0 amide bonds. The van der Waals surface area contributed by atoms with Crippen molar-refractivity contribution in [2.24, 2.45) is 0 Å². The Morgan fingerprint density at radius 3 is 2.72 bits per heavy atom. The second-order valence-electron chi connectivity index (χ2n) is 5.27. The maximum Gasteiger partial charge on any atom is 0.0300 e. The van der Waals surface area contributed by atoms with Crippen LogP contribution in [0.4, 0.5) is 0 Å². The Bertz CT molecular complexity index is 330. The first-order chi connectivity index (χ1) is 8.65. The van der Waals surface area contributed by atoms with Gasteiger partial charge in [0.25, 0.3) is 0 Å². The van der Waals surface area contributed by atoms with Crippen molar-refractivity contribution in [2.75, 3.05) is 19.6 Å². The van der Waals surface area contributed by atoms with E-state index in [9.17, 15) is 0 Å². The molecule has 1 saturated heterocycles. The molecule has 18 heavy (non-hydrogen) atoms.